The zero-order chi connectivity index (χ0) is 27.2. The number of nitrogens with zero attached hydrogens (tertiary/aromatic N) is 2. The Bertz CT molecular complexity index is 1650. The minimum absolute atomic E-state index is 0.0624. The minimum atomic E-state index is -1.25. The monoisotopic (exact) mass is 554 g/mol. The number of carbonyl (C=O) groups is 2. The average molecular weight is 555 g/mol. The summed E-state index contributed by atoms with van der Waals surface area (Å²) in [6.45, 7) is 0. The van der Waals surface area contributed by atoms with Crippen LogP contribution in [0.2, 0.25) is 5.02 Å². The lowest BCUT2D eigenvalue weighted by Gasteiger charge is -2.42. The van der Waals surface area contributed by atoms with Crippen molar-refractivity contribution in [2.24, 2.45) is 11.8 Å². The lowest BCUT2D eigenvalue weighted by atomic mass is 9.68. The Labute approximate surface area is 235 Å². The van der Waals surface area contributed by atoms with E-state index in [-0.39, 0.29) is 41.3 Å². The second-order valence-corrected chi connectivity index (χ2v) is 12.2. The summed E-state index contributed by atoms with van der Waals surface area (Å²) in [5, 5.41) is 3.65. The maximum atomic E-state index is 14.9. The van der Waals surface area contributed by atoms with Crippen molar-refractivity contribution in [1.29, 1.82) is 0 Å². The first-order valence-corrected chi connectivity index (χ1v) is 14.5. The third kappa shape index (κ3) is 3.22. The number of anilines is 1. The van der Waals surface area contributed by atoms with Crippen LogP contribution in [-0.2, 0) is 10.3 Å². The minimum Gasteiger partial charge on any atom is -0.335 e. The van der Waals surface area contributed by atoms with Crippen LogP contribution in [0.25, 0.3) is 11.0 Å². The highest BCUT2D eigenvalue weighted by molar-refractivity contribution is 6.31. The molecular formula is C32H28ClFN4O2. The van der Waals surface area contributed by atoms with Crippen molar-refractivity contribution in [2.45, 2.75) is 55.6 Å². The van der Waals surface area contributed by atoms with E-state index in [1.807, 2.05) is 36.4 Å². The molecule has 0 radical (unpaired) electrons. The van der Waals surface area contributed by atoms with Crippen LogP contribution >= 0.6 is 11.6 Å². The predicted octanol–water partition coefficient (Wildman–Crippen LogP) is 6.43. The first-order valence-electron chi connectivity index (χ1n) is 14.1. The molecule has 1 saturated carbocycles. The number of hydrogen-bond acceptors (Lipinski definition) is 4. The quantitative estimate of drug-likeness (QED) is 0.286. The molecule has 40 heavy (non-hydrogen) atoms. The van der Waals surface area contributed by atoms with E-state index in [1.165, 1.54) is 18.6 Å². The molecule has 6 atom stereocenters. The van der Waals surface area contributed by atoms with E-state index in [1.54, 1.807) is 18.2 Å². The number of ketones is 1. The van der Waals surface area contributed by atoms with Crippen molar-refractivity contribution in [2.75, 3.05) is 5.32 Å². The number of fused-ring (bicyclic) bond motifs is 7. The normalized spacial score (nSPS) is 30.9. The molecule has 4 heterocycles. The Morgan fingerprint density at radius 3 is 2.65 bits per heavy atom. The fourth-order valence-corrected chi connectivity index (χ4v) is 8.67. The molecule has 5 unspecified atom stereocenters. The Hall–Kier alpha value is -3.55. The van der Waals surface area contributed by atoms with Crippen molar-refractivity contribution >= 4 is 40.0 Å². The number of aromatic nitrogens is 2. The molecular weight excluding hydrogens is 527 g/mol. The summed E-state index contributed by atoms with van der Waals surface area (Å²) in [4.78, 5) is 39.7. The fourth-order valence-electron chi connectivity index (χ4n) is 8.50. The largest absolute Gasteiger partial charge is 0.335 e. The number of nitrogens with one attached hydrogen (secondary N) is 2. The van der Waals surface area contributed by atoms with Crippen LogP contribution in [0.3, 0.4) is 0 Å². The van der Waals surface area contributed by atoms with Crippen molar-refractivity contribution < 1.29 is 14.0 Å². The van der Waals surface area contributed by atoms with E-state index < -0.39 is 11.5 Å². The zero-order valence-electron chi connectivity index (χ0n) is 21.7. The van der Waals surface area contributed by atoms with Gasteiger partial charge in [-0.3, -0.25) is 14.5 Å². The van der Waals surface area contributed by atoms with Crippen molar-refractivity contribution in [3.63, 3.8) is 0 Å². The zero-order valence-corrected chi connectivity index (χ0v) is 22.5. The summed E-state index contributed by atoms with van der Waals surface area (Å²) in [5.74, 6) is -1.17. The topological polar surface area (TPSA) is 78.1 Å². The Balaban J connectivity index is 1.40. The van der Waals surface area contributed by atoms with E-state index in [0.29, 0.717) is 22.1 Å². The van der Waals surface area contributed by atoms with Gasteiger partial charge in [-0.15, -0.1) is 0 Å². The highest BCUT2D eigenvalue weighted by Crippen LogP contribution is 2.64. The number of carbonyl (C=O) groups excluding carboxylic acids is 2. The van der Waals surface area contributed by atoms with Crippen LogP contribution in [0.4, 0.5) is 10.1 Å². The van der Waals surface area contributed by atoms with E-state index in [0.717, 1.165) is 42.3 Å². The maximum absolute atomic E-state index is 14.9. The summed E-state index contributed by atoms with van der Waals surface area (Å²) < 4.78 is 14.1. The molecule has 2 N–H and O–H groups in total. The van der Waals surface area contributed by atoms with Crippen molar-refractivity contribution in [3.8, 4) is 0 Å². The van der Waals surface area contributed by atoms with Gasteiger partial charge in [-0.2, -0.15) is 0 Å². The summed E-state index contributed by atoms with van der Waals surface area (Å²) in [6.07, 6.45) is 5.24. The summed E-state index contributed by atoms with van der Waals surface area (Å²) in [7, 11) is 0. The van der Waals surface area contributed by atoms with E-state index in [2.05, 4.69) is 20.2 Å². The van der Waals surface area contributed by atoms with Crippen molar-refractivity contribution in [3.05, 3.63) is 94.5 Å². The van der Waals surface area contributed by atoms with Crippen molar-refractivity contribution in [1.82, 2.24) is 14.9 Å². The molecule has 8 rings (SSSR count). The molecule has 2 saturated heterocycles. The smallest absolute Gasteiger partial charge is 0.250 e. The van der Waals surface area contributed by atoms with Gasteiger partial charge in [0.25, 0.3) is 0 Å². The third-order valence-electron chi connectivity index (χ3n) is 9.91. The number of H-pyrrole nitrogens is 1. The second-order valence-electron chi connectivity index (χ2n) is 11.8. The number of hydrogen-bond donors (Lipinski definition) is 2. The molecule has 4 aromatic rings. The van der Waals surface area contributed by atoms with Gasteiger partial charge in [0.15, 0.2) is 5.82 Å². The van der Waals surface area contributed by atoms with Gasteiger partial charge in [0, 0.05) is 34.3 Å². The third-order valence-corrected chi connectivity index (χ3v) is 10.1. The number of para-hydroxylation sites is 2. The Morgan fingerprint density at radius 1 is 1.02 bits per heavy atom. The Morgan fingerprint density at radius 2 is 1.82 bits per heavy atom. The van der Waals surface area contributed by atoms with Crippen LogP contribution < -0.4 is 5.32 Å². The van der Waals surface area contributed by atoms with Gasteiger partial charge in [-0.1, -0.05) is 48.7 Å². The number of Topliss-reactive ketones (excluding diaryl/α,β-unsaturated/α-hetero) is 1. The molecule has 1 amide bonds. The summed E-state index contributed by atoms with van der Waals surface area (Å²) in [5.41, 5.74) is 2.52. The van der Waals surface area contributed by atoms with Gasteiger partial charge in [-0.05, 0) is 73.2 Å². The predicted molar refractivity (Wildman–Crippen MR) is 151 cm³/mol. The summed E-state index contributed by atoms with van der Waals surface area (Å²) >= 11 is 6.58. The molecule has 1 spiro atoms. The van der Waals surface area contributed by atoms with Crippen LogP contribution in [0, 0.1) is 17.7 Å². The molecule has 3 fully saturated rings. The molecule has 3 aliphatic heterocycles. The lowest BCUT2D eigenvalue weighted by Crippen LogP contribution is -2.56. The number of halogens is 2. The van der Waals surface area contributed by atoms with E-state index >= 15 is 0 Å². The maximum Gasteiger partial charge on any atom is 0.250 e. The molecule has 3 aromatic carbocycles. The van der Waals surface area contributed by atoms with Gasteiger partial charge in [0.2, 0.25) is 11.7 Å². The van der Waals surface area contributed by atoms with E-state index in [9.17, 15) is 14.0 Å². The van der Waals surface area contributed by atoms with E-state index in [4.69, 9.17) is 11.6 Å². The molecule has 8 heteroatoms. The number of aromatic amines is 1. The molecule has 0 bridgehead atoms. The molecule has 202 valence electrons. The standard InChI is InChI=1S/C32H28ClFN4O2/c33-19-11-14-22-21(16-19)32(31(40)37-22)28(29(39)30-35-23-6-2-3-7-24(23)36-30)27(17-9-12-20(34)13-10-17)26-15-18-5-1-4-8-25(18)38(26)32/h2-3,6-7,9-14,16,18,25-28H,1,4-5,8,15H2,(H,35,36)(H,37,40)/t18?,25?,26?,27?,28?,32-/m1/s1. The highest BCUT2D eigenvalue weighted by atomic mass is 35.5. The van der Waals surface area contributed by atoms with Gasteiger partial charge in [0.05, 0.1) is 17.0 Å². The number of benzene rings is 3. The molecule has 6 nitrogen and oxygen atoms in total. The first-order chi connectivity index (χ1) is 19.5. The van der Waals surface area contributed by atoms with Crippen LogP contribution in [0.1, 0.15) is 59.8 Å². The number of rotatable bonds is 3. The van der Waals surface area contributed by atoms with Crippen LogP contribution in [-0.4, -0.2) is 38.6 Å². The first kappa shape index (κ1) is 24.3. The van der Waals surface area contributed by atoms with Crippen LogP contribution in [0.15, 0.2) is 66.7 Å². The SMILES string of the molecule is O=C(c1nc2ccccc2[nH]1)C1C(c2ccc(F)cc2)C2CC3CCCCC3N2[C@@]12C(=O)Nc1ccc(Cl)cc12. The average Bonchev–Trinajstić information content (AvgIpc) is 3.69. The Kier molecular flexibility index (Phi) is 5.29. The highest BCUT2D eigenvalue weighted by Gasteiger charge is 2.72. The van der Waals surface area contributed by atoms with Gasteiger partial charge in [-0.25, -0.2) is 9.37 Å². The molecule has 4 aliphatic rings. The van der Waals surface area contributed by atoms with Crippen LogP contribution in [0.5, 0.6) is 0 Å². The van der Waals surface area contributed by atoms with Gasteiger partial charge in [0.1, 0.15) is 11.4 Å². The van der Waals surface area contributed by atoms with Gasteiger partial charge < -0.3 is 10.3 Å². The lowest BCUT2D eigenvalue weighted by molar-refractivity contribution is -0.129. The molecule has 1 aromatic heterocycles. The number of amides is 1. The molecule has 1 aliphatic carbocycles. The number of imidazole rings is 1. The van der Waals surface area contributed by atoms with Gasteiger partial charge >= 0.3 is 0 Å². The fraction of sp³-hybridized carbons (Fsp3) is 0.344. The second kappa shape index (κ2) is 8.72. The summed E-state index contributed by atoms with van der Waals surface area (Å²) in [6, 6.07) is 19.6.